The number of carbonyl (C=O) groups excluding carboxylic acids is 1. The number of amides is 1. The van der Waals surface area contributed by atoms with Crippen LogP contribution in [0.2, 0.25) is 0 Å². The second-order valence-electron chi connectivity index (χ2n) is 5.63. The molecule has 0 radical (unpaired) electrons. The number of nitrogens with zero attached hydrogens (tertiary/aromatic N) is 1. The Bertz CT molecular complexity index is 454. The number of aromatic nitrogens is 2. The molecule has 1 aromatic rings. The van der Waals surface area contributed by atoms with Crippen molar-refractivity contribution >= 4 is 5.91 Å². The van der Waals surface area contributed by atoms with Gasteiger partial charge in [-0.15, -0.1) is 0 Å². The number of hydrogen-bond acceptors (Lipinski definition) is 4. The van der Waals surface area contributed by atoms with E-state index in [-0.39, 0.29) is 23.3 Å². The van der Waals surface area contributed by atoms with Gasteiger partial charge in [0.2, 0.25) is 0 Å². The molecule has 3 rings (SSSR count). The van der Waals surface area contributed by atoms with Crippen molar-refractivity contribution < 1.29 is 14.6 Å². The summed E-state index contributed by atoms with van der Waals surface area (Å²) in [6.07, 6.45) is 6.09. The fraction of sp³-hybridized carbons (Fsp3) is 0.692. The van der Waals surface area contributed by atoms with Crippen LogP contribution in [0.3, 0.4) is 0 Å². The molecule has 1 atom stereocenters. The van der Waals surface area contributed by atoms with Crippen LogP contribution >= 0.6 is 0 Å². The number of hydrogen-bond donors (Lipinski definition) is 3. The van der Waals surface area contributed by atoms with Crippen molar-refractivity contribution in [1.82, 2.24) is 15.3 Å². The van der Waals surface area contributed by atoms with Crippen LogP contribution in [0, 0.1) is 10.8 Å². The van der Waals surface area contributed by atoms with E-state index in [0.29, 0.717) is 12.4 Å². The van der Waals surface area contributed by atoms with Gasteiger partial charge >= 0.3 is 0 Å². The standard InChI is InChI=1S/C13H19N3O3/c17-9-13(7-12(13)1-5-19-6-2-12)8-16-11(18)10-14-3-4-15-10/h3-4,17H,1-2,5-9H2,(H,14,15)(H,16,18). The summed E-state index contributed by atoms with van der Waals surface area (Å²) >= 11 is 0. The fourth-order valence-corrected chi connectivity index (χ4v) is 3.32. The molecule has 1 unspecified atom stereocenters. The largest absolute Gasteiger partial charge is 0.396 e. The summed E-state index contributed by atoms with van der Waals surface area (Å²) in [6, 6.07) is 0. The number of imidazole rings is 1. The van der Waals surface area contributed by atoms with E-state index >= 15 is 0 Å². The van der Waals surface area contributed by atoms with E-state index in [1.54, 1.807) is 12.4 Å². The zero-order chi connectivity index (χ0) is 13.3. The minimum absolute atomic E-state index is 0.117. The van der Waals surface area contributed by atoms with Crippen LogP contribution < -0.4 is 5.32 Å². The maximum absolute atomic E-state index is 11.9. The Morgan fingerprint density at radius 2 is 2.32 bits per heavy atom. The Morgan fingerprint density at radius 1 is 1.53 bits per heavy atom. The molecule has 0 aromatic carbocycles. The zero-order valence-electron chi connectivity index (χ0n) is 10.8. The van der Waals surface area contributed by atoms with Crippen LogP contribution in [-0.2, 0) is 4.74 Å². The average Bonchev–Trinajstić information content (AvgIpc) is 2.84. The van der Waals surface area contributed by atoms with E-state index in [0.717, 1.165) is 32.5 Å². The summed E-state index contributed by atoms with van der Waals surface area (Å²) < 4.78 is 5.38. The smallest absolute Gasteiger partial charge is 0.287 e. The number of aliphatic hydroxyl groups is 1. The van der Waals surface area contributed by atoms with Crippen molar-refractivity contribution in [2.45, 2.75) is 19.3 Å². The molecule has 1 spiro atoms. The number of nitrogens with one attached hydrogen (secondary N) is 2. The number of rotatable bonds is 4. The highest BCUT2D eigenvalue weighted by Gasteiger charge is 2.66. The number of H-pyrrole nitrogens is 1. The van der Waals surface area contributed by atoms with E-state index in [9.17, 15) is 9.90 Å². The van der Waals surface area contributed by atoms with E-state index in [4.69, 9.17) is 4.74 Å². The van der Waals surface area contributed by atoms with Crippen LogP contribution in [0.1, 0.15) is 29.9 Å². The van der Waals surface area contributed by atoms with Gasteiger partial charge < -0.3 is 20.1 Å². The van der Waals surface area contributed by atoms with Crippen LogP contribution in [0.5, 0.6) is 0 Å². The third-order valence-corrected chi connectivity index (χ3v) is 4.73. The van der Waals surface area contributed by atoms with Crippen LogP contribution in [0.4, 0.5) is 0 Å². The summed E-state index contributed by atoms with van der Waals surface area (Å²) in [6.45, 7) is 2.14. The molecule has 6 heteroatoms. The molecular weight excluding hydrogens is 246 g/mol. The summed E-state index contributed by atoms with van der Waals surface area (Å²) in [4.78, 5) is 18.6. The van der Waals surface area contributed by atoms with Gasteiger partial charge in [-0.3, -0.25) is 4.79 Å². The lowest BCUT2D eigenvalue weighted by Gasteiger charge is -2.28. The van der Waals surface area contributed by atoms with Crippen LogP contribution in [0.15, 0.2) is 12.4 Å². The first-order valence-electron chi connectivity index (χ1n) is 6.68. The van der Waals surface area contributed by atoms with Gasteiger partial charge in [0.25, 0.3) is 5.91 Å². The highest BCUT2D eigenvalue weighted by Crippen LogP contribution is 2.68. The summed E-state index contributed by atoms with van der Waals surface area (Å²) in [5, 5.41) is 12.6. The lowest BCUT2D eigenvalue weighted by molar-refractivity contribution is 0.0307. The van der Waals surface area contributed by atoms with Crippen molar-refractivity contribution in [1.29, 1.82) is 0 Å². The molecule has 2 fully saturated rings. The first-order chi connectivity index (χ1) is 9.21. The monoisotopic (exact) mass is 265 g/mol. The Morgan fingerprint density at radius 3 is 2.95 bits per heavy atom. The minimum atomic E-state index is -0.216. The van der Waals surface area contributed by atoms with E-state index in [1.165, 1.54) is 0 Å². The summed E-state index contributed by atoms with van der Waals surface area (Å²) in [5.41, 5.74) is -0.00449. The van der Waals surface area contributed by atoms with Gasteiger partial charge in [-0.25, -0.2) is 4.98 Å². The van der Waals surface area contributed by atoms with Crippen LogP contribution in [-0.4, -0.2) is 47.3 Å². The predicted molar refractivity (Wildman–Crippen MR) is 67.5 cm³/mol. The Hall–Kier alpha value is -1.40. The normalized spacial score (nSPS) is 28.3. The predicted octanol–water partition coefficient (Wildman–Crippen LogP) is 0.319. The topological polar surface area (TPSA) is 87.2 Å². The molecule has 1 saturated heterocycles. The third kappa shape index (κ3) is 2.04. The molecule has 3 N–H and O–H groups in total. The van der Waals surface area contributed by atoms with Crippen molar-refractivity contribution in [2.24, 2.45) is 10.8 Å². The average molecular weight is 265 g/mol. The van der Waals surface area contributed by atoms with E-state index in [1.807, 2.05) is 0 Å². The van der Waals surface area contributed by atoms with Crippen molar-refractivity contribution in [2.75, 3.05) is 26.4 Å². The molecule has 1 aliphatic carbocycles. The highest BCUT2D eigenvalue weighted by molar-refractivity contribution is 5.90. The number of aliphatic hydroxyl groups excluding tert-OH is 1. The molecule has 0 bridgehead atoms. The molecule has 104 valence electrons. The molecule has 2 heterocycles. The molecule has 1 saturated carbocycles. The van der Waals surface area contributed by atoms with Gasteiger partial charge in [-0.2, -0.15) is 0 Å². The molecule has 19 heavy (non-hydrogen) atoms. The Kier molecular flexibility index (Phi) is 3.06. The van der Waals surface area contributed by atoms with Gasteiger partial charge in [0, 0.05) is 37.6 Å². The van der Waals surface area contributed by atoms with Gasteiger partial charge in [0.1, 0.15) is 0 Å². The Labute approximate surface area is 111 Å². The highest BCUT2D eigenvalue weighted by atomic mass is 16.5. The van der Waals surface area contributed by atoms with Gasteiger partial charge in [0.05, 0.1) is 6.61 Å². The molecule has 1 amide bonds. The summed E-state index contributed by atoms with van der Waals surface area (Å²) in [7, 11) is 0. The first-order valence-corrected chi connectivity index (χ1v) is 6.68. The molecule has 1 aliphatic heterocycles. The molecular formula is C13H19N3O3. The zero-order valence-corrected chi connectivity index (χ0v) is 10.8. The molecule has 1 aromatic heterocycles. The Balaban J connectivity index is 1.61. The summed E-state index contributed by atoms with van der Waals surface area (Å²) in [5.74, 6) is 0.0988. The number of carbonyl (C=O) groups is 1. The SMILES string of the molecule is O=C(NCC1(CO)CC12CCOCC2)c1ncc[nH]1. The van der Waals surface area contributed by atoms with Gasteiger partial charge in [-0.05, 0) is 24.7 Å². The van der Waals surface area contributed by atoms with E-state index < -0.39 is 0 Å². The van der Waals surface area contributed by atoms with Crippen molar-refractivity contribution in [3.63, 3.8) is 0 Å². The second kappa shape index (κ2) is 4.61. The van der Waals surface area contributed by atoms with E-state index in [2.05, 4.69) is 15.3 Å². The van der Waals surface area contributed by atoms with Crippen molar-refractivity contribution in [3.8, 4) is 0 Å². The lowest BCUT2D eigenvalue weighted by Crippen LogP contribution is -2.37. The minimum Gasteiger partial charge on any atom is -0.396 e. The maximum atomic E-state index is 11.9. The maximum Gasteiger partial charge on any atom is 0.287 e. The number of aromatic amines is 1. The number of ether oxygens (including phenoxy) is 1. The fourth-order valence-electron chi connectivity index (χ4n) is 3.32. The quantitative estimate of drug-likeness (QED) is 0.731. The molecule has 2 aliphatic rings. The third-order valence-electron chi connectivity index (χ3n) is 4.73. The lowest BCUT2D eigenvalue weighted by atomic mass is 9.86. The van der Waals surface area contributed by atoms with Crippen molar-refractivity contribution in [3.05, 3.63) is 18.2 Å². The first kappa shape index (κ1) is 12.6. The van der Waals surface area contributed by atoms with Crippen LogP contribution in [0.25, 0.3) is 0 Å². The van der Waals surface area contributed by atoms with Gasteiger partial charge in [0.15, 0.2) is 5.82 Å². The van der Waals surface area contributed by atoms with Gasteiger partial charge in [-0.1, -0.05) is 0 Å². The molecule has 6 nitrogen and oxygen atoms in total. The second-order valence-corrected chi connectivity index (χ2v) is 5.63.